The molecule has 13 heteroatoms. The van der Waals surface area contributed by atoms with Gasteiger partial charge in [-0.25, -0.2) is 9.78 Å². The zero-order chi connectivity index (χ0) is 25.8. The molecule has 3 amide bonds. The number of nitrogens with zero attached hydrogens (tertiary/aromatic N) is 2. The van der Waals surface area contributed by atoms with Gasteiger partial charge < -0.3 is 37.1 Å². The first-order valence-electron chi connectivity index (χ1n) is 11.8. The van der Waals surface area contributed by atoms with Crippen molar-refractivity contribution in [3.63, 3.8) is 0 Å². The normalized spacial score (nSPS) is 18.0. The van der Waals surface area contributed by atoms with Crippen molar-refractivity contribution in [1.29, 1.82) is 0 Å². The van der Waals surface area contributed by atoms with Crippen LogP contribution in [0.25, 0.3) is 0 Å². The predicted octanol–water partition coefficient (Wildman–Crippen LogP) is -0.793. The minimum atomic E-state index is -1.16. The summed E-state index contributed by atoms with van der Waals surface area (Å²) in [4.78, 5) is 59.0. The number of carbonyl (C=O) groups excluding carboxylic acids is 3. The zero-order valence-corrected chi connectivity index (χ0v) is 20.9. The number of likely N-dealkylation sites (tertiary alicyclic amines) is 1. The molecule has 35 heavy (non-hydrogen) atoms. The van der Waals surface area contributed by atoms with E-state index in [0.717, 1.165) is 5.75 Å². The van der Waals surface area contributed by atoms with E-state index in [4.69, 9.17) is 11.5 Å². The number of rotatable bonds is 15. The highest BCUT2D eigenvalue weighted by Crippen LogP contribution is 2.19. The lowest BCUT2D eigenvalue weighted by atomic mass is 10.1. The number of carboxylic acids is 1. The molecule has 0 saturated carbocycles. The van der Waals surface area contributed by atoms with Gasteiger partial charge in [-0.15, -0.1) is 0 Å². The number of thioether (sulfide) groups is 1. The SMILES string of the molecule is CSCCC(N)C(=O)N1CCCC1C(=O)NC(Cc1cnc[nH]1)C(=O)NC(CCCCN)C(=O)O. The van der Waals surface area contributed by atoms with Gasteiger partial charge >= 0.3 is 5.97 Å². The van der Waals surface area contributed by atoms with Crippen molar-refractivity contribution < 1.29 is 24.3 Å². The second-order valence-electron chi connectivity index (χ2n) is 8.60. The van der Waals surface area contributed by atoms with Crippen molar-refractivity contribution in [2.75, 3.05) is 25.1 Å². The van der Waals surface area contributed by atoms with Crippen LogP contribution in [0.5, 0.6) is 0 Å². The lowest BCUT2D eigenvalue weighted by molar-refractivity contribution is -0.143. The molecule has 1 aromatic heterocycles. The van der Waals surface area contributed by atoms with Gasteiger partial charge in [-0.2, -0.15) is 11.8 Å². The Labute approximate surface area is 209 Å². The van der Waals surface area contributed by atoms with Gasteiger partial charge in [0, 0.05) is 24.9 Å². The van der Waals surface area contributed by atoms with Crippen LogP contribution in [-0.4, -0.2) is 92.9 Å². The van der Waals surface area contributed by atoms with Crippen molar-refractivity contribution in [2.45, 2.75) is 69.1 Å². The van der Waals surface area contributed by atoms with Crippen LogP contribution < -0.4 is 22.1 Å². The van der Waals surface area contributed by atoms with Crippen molar-refractivity contribution in [3.8, 4) is 0 Å². The second-order valence-corrected chi connectivity index (χ2v) is 9.59. The number of H-pyrrole nitrogens is 1. The third-order valence-electron chi connectivity index (χ3n) is 5.96. The number of aliphatic carboxylic acids is 1. The van der Waals surface area contributed by atoms with E-state index < -0.39 is 42.0 Å². The van der Waals surface area contributed by atoms with Crippen LogP contribution in [-0.2, 0) is 25.6 Å². The lowest BCUT2D eigenvalue weighted by Gasteiger charge is -2.28. The molecule has 4 atom stereocenters. The van der Waals surface area contributed by atoms with Crippen LogP contribution >= 0.6 is 11.8 Å². The zero-order valence-electron chi connectivity index (χ0n) is 20.1. The van der Waals surface area contributed by atoms with Crippen molar-refractivity contribution >= 4 is 35.5 Å². The molecule has 12 nitrogen and oxygen atoms in total. The van der Waals surface area contributed by atoms with Gasteiger partial charge in [-0.3, -0.25) is 14.4 Å². The van der Waals surface area contributed by atoms with E-state index in [2.05, 4.69) is 20.6 Å². The number of hydrogen-bond acceptors (Lipinski definition) is 8. The highest BCUT2D eigenvalue weighted by molar-refractivity contribution is 7.98. The Kier molecular flexibility index (Phi) is 12.0. The molecule has 1 aliphatic rings. The Hall–Kier alpha value is -2.64. The van der Waals surface area contributed by atoms with Crippen LogP contribution in [0.3, 0.4) is 0 Å². The molecule has 0 spiro atoms. The molecule has 0 aromatic carbocycles. The molecule has 1 aromatic rings. The molecule has 1 saturated heterocycles. The monoisotopic (exact) mass is 511 g/mol. The summed E-state index contributed by atoms with van der Waals surface area (Å²) in [6.45, 7) is 0.847. The molecular weight excluding hydrogens is 474 g/mol. The summed E-state index contributed by atoms with van der Waals surface area (Å²) in [7, 11) is 0. The highest BCUT2D eigenvalue weighted by atomic mass is 32.2. The Morgan fingerprint density at radius 2 is 2.03 bits per heavy atom. The standard InChI is InChI=1S/C22H37N7O5S/c1-35-10-7-15(24)21(32)29-9-4-6-18(29)20(31)28-17(11-14-12-25-13-26-14)19(30)27-16(22(33)34)5-2-3-8-23/h12-13,15-18H,2-11,23-24H2,1H3,(H,25,26)(H,27,30)(H,28,31)(H,33,34). The molecule has 196 valence electrons. The van der Waals surface area contributed by atoms with Crippen LogP contribution in [0, 0.1) is 0 Å². The summed E-state index contributed by atoms with van der Waals surface area (Å²) < 4.78 is 0. The summed E-state index contributed by atoms with van der Waals surface area (Å²) >= 11 is 1.59. The number of carbonyl (C=O) groups is 4. The van der Waals surface area contributed by atoms with Gasteiger partial charge in [0.1, 0.15) is 18.1 Å². The van der Waals surface area contributed by atoms with Gasteiger partial charge in [0.2, 0.25) is 17.7 Å². The fourth-order valence-electron chi connectivity index (χ4n) is 4.00. The molecule has 0 aliphatic carbocycles. The minimum absolute atomic E-state index is 0.0839. The number of aromatic amines is 1. The Bertz CT molecular complexity index is 838. The van der Waals surface area contributed by atoms with Crippen molar-refractivity contribution in [2.24, 2.45) is 11.5 Å². The van der Waals surface area contributed by atoms with Crippen molar-refractivity contribution in [1.82, 2.24) is 25.5 Å². The average Bonchev–Trinajstić information content (AvgIpc) is 3.53. The summed E-state index contributed by atoms with van der Waals surface area (Å²) in [5, 5.41) is 14.8. The molecule has 2 heterocycles. The molecule has 1 fully saturated rings. The van der Waals surface area contributed by atoms with Gasteiger partial charge in [0.25, 0.3) is 0 Å². The highest BCUT2D eigenvalue weighted by Gasteiger charge is 2.38. The molecule has 2 rings (SSSR count). The Balaban J connectivity index is 2.11. The van der Waals surface area contributed by atoms with E-state index >= 15 is 0 Å². The number of imidazole rings is 1. The first-order valence-corrected chi connectivity index (χ1v) is 13.2. The predicted molar refractivity (Wildman–Crippen MR) is 132 cm³/mol. The summed E-state index contributed by atoms with van der Waals surface area (Å²) in [5.74, 6) is -1.80. The van der Waals surface area contributed by atoms with Crippen LogP contribution in [0.15, 0.2) is 12.5 Å². The Morgan fingerprint density at radius 3 is 2.66 bits per heavy atom. The first kappa shape index (κ1) is 28.6. The van der Waals surface area contributed by atoms with Gasteiger partial charge in [0.05, 0.1) is 12.4 Å². The number of nitrogens with two attached hydrogens (primary N) is 2. The number of amides is 3. The molecule has 0 radical (unpaired) electrons. The minimum Gasteiger partial charge on any atom is -0.480 e. The van der Waals surface area contributed by atoms with E-state index in [1.54, 1.807) is 11.8 Å². The van der Waals surface area contributed by atoms with E-state index in [1.165, 1.54) is 17.4 Å². The number of aromatic nitrogens is 2. The first-order chi connectivity index (χ1) is 16.8. The van der Waals surface area contributed by atoms with E-state index in [0.29, 0.717) is 50.9 Å². The average molecular weight is 512 g/mol. The number of hydrogen-bond donors (Lipinski definition) is 6. The van der Waals surface area contributed by atoms with Crippen LogP contribution in [0.2, 0.25) is 0 Å². The van der Waals surface area contributed by atoms with E-state index in [1.807, 2.05) is 6.26 Å². The number of carboxylic acid groups (broad SMARTS) is 1. The number of unbranched alkanes of at least 4 members (excludes halogenated alkanes) is 1. The quantitative estimate of drug-likeness (QED) is 0.163. The van der Waals surface area contributed by atoms with Gasteiger partial charge in [0.15, 0.2) is 0 Å². The number of nitrogens with one attached hydrogen (secondary N) is 3. The second kappa shape index (κ2) is 14.7. The summed E-state index contributed by atoms with van der Waals surface area (Å²) in [5.41, 5.74) is 12.1. The molecule has 4 unspecified atom stereocenters. The maximum absolute atomic E-state index is 13.2. The van der Waals surface area contributed by atoms with Crippen LogP contribution in [0.1, 0.15) is 44.2 Å². The van der Waals surface area contributed by atoms with E-state index in [-0.39, 0.29) is 18.7 Å². The maximum Gasteiger partial charge on any atom is 0.326 e. The van der Waals surface area contributed by atoms with Crippen LogP contribution in [0.4, 0.5) is 0 Å². The van der Waals surface area contributed by atoms with Gasteiger partial charge in [-0.05, 0) is 57.1 Å². The Morgan fingerprint density at radius 1 is 1.26 bits per heavy atom. The largest absolute Gasteiger partial charge is 0.480 e. The summed E-state index contributed by atoms with van der Waals surface area (Å²) in [6.07, 6.45) is 8.02. The van der Waals surface area contributed by atoms with E-state index in [9.17, 15) is 24.3 Å². The fraction of sp³-hybridized carbons (Fsp3) is 0.682. The maximum atomic E-state index is 13.2. The third kappa shape index (κ3) is 8.82. The third-order valence-corrected chi connectivity index (χ3v) is 6.61. The topological polar surface area (TPSA) is 197 Å². The molecule has 8 N–H and O–H groups in total. The van der Waals surface area contributed by atoms with Gasteiger partial charge in [-0.1, -0.05) is 0 Å². The summed E-state index contributed by atoms with van der Waals surface area (Å²) in [6, 6.07) is -3.58. The fourth-order valence-corrected chi connectivity index (χ4v) is 4.49. The molecular formula is C22H37N7O5S. The lowest BCUT2D eigenvalue weighted by Crippen LogP contribution is -2.57. The molecule has 1 aliphatic heterocycles. The smallest absolute Gasteiger partial charge is 0.326 e. The molecule has 0 bridgehead atoms. The van der Waals surface area contributed by atoms with Crippen molar-refractivity contribution in [3.05, 3.63) is 18.2 Å².